The lowest BCUT2D eigenvalue weighted by Gasteiger charge is -2.38. The van der Waals surface area contributed by atoms with Crippen LogP contribution in [0, 0.1) is 11.8 Å². The highest BCUT2D eigenvalue weighted by molar-refractivity contribution is 7.86. The summed E-state index contributed by atoms with van der Waals surface area (Å²) in [5, 5.41) is 3.50. The van der Waals surface area contributed by atoms with Crippen LogP contribution in [0.3, 0.4) is 0 Å². The molecule has 5 nitrogen and oxygen atoms in total. The summed E-state index contributed by atoms with van der Waals surface area (Å²) in [6, 6.07) is 0.534. The average molecular weight is 315 g/mol. The minimum atomic E-state index is -3.29. The second-order valence-corrected chi connectivity index (χ2v) is 9.18. The van der Waals surface area contributed by atoms with E-state index >= 15 is 0 Å². The Morgan fingerprint density at radius 1 is 1.05 bits per heavy atom. The van der Waals surface area contributed by atoms with Crippen molar-refractivity contribution in [2.45, 2.75) is 58.0 Å². The summed E-state index contributed by atoms with van der Waals surface area (Å²) in [4.78, 5) is 0. The van der Waals surface area contributed by atoms with Gasteiger partial charge in [0.25, 0.3) is 10.2 Å². The fourth-order valence-electron chi connectivity index (χ4n) is 4.44. The lowest BCUT2D eigenvalue weighted by Crippen LogP contribution is -2.54. The zero-order valence-electron chi connectivity index (χ0n) is 13.3. The molecular formula is C15H29N3O2S. The first-order chi connectivity index (χ1) is 9.98. The summed E-state index contributed by atoms with van der Waals surface area (Å²) < 4.78 is 29.7. The highest BCUT2D eigenvalue weighted by atomic mass is 32.2. The minimum Gasteiger partial charge on any atom is -0.312 e. The van der Waals surface area contributed by atoms with Crippen molar-refractivity contribution < 1.29 is 8.42 Å². The van der Waals surface area contributed by atoms with Crippen LogP contribution in [0.15, 0.2) is 0 Å². The molecule has 6 heteroatoms. The van der Waals surface area contributed by atoms with Gasteiger partial charge in [-0.3, -0.25) is 0 Å². The Morgan fingerprint density at radius 3 is 2.38 bits per heavy atom. The van der Waals surface area contributed by atoms with Gasteiger partial charge in [-0.25, -0.2) is 0 Å². The van der Waals surface area contributed by atoms with E-state index in [4.69, 9.17) is 0 Å². The van der Waals surface area contributed by atoms with Crippen molar-refractivity contribution in [1.29, 1.82) is 0 Å². The Morgan fingerprint density at radius 2 is 1.76 bits per heavy atom. The molecule has 0 aromatic heterocycles. The zero-order chi connectivity index (χ0) is 15.0. The summed E-state index contributed by atoms with van der Waals surface area (Å²) >= 11 is 0. The highest BCUT2D eigenvalue weighted by Crippen LogP contribution is 2.31. The van der Waals surface area contributed by atoms with Crippen LogP contribution in [-0.4, -0.2) is 55.3 Å². The van der Waals surface area contributed by atoms with E-state index in [0.717, 1.165) is 32.2 Å². The van der Waals surface area contributed by atoms with E-state index in [1.165, 1.54) is 6.42 Å². The maximum atomic E-state index is 13.1. The molecule has 3 fully saturated rings. The molecule has 3 saturated heterocycles. The molecule has 0 saturated carbocycles. The first kappa shape index (κ1) is 15.7. The van der Waals surface area contributed by atoms with Crippen LogP contribution in [0.5, 0.6) is 0 Å². The lowest BCUT2D eigenvalue weighted by molar-refractivity contribution is 0.202. The topological polar surface area (TPSA) is 52.7 Å². The van der Waals surface area contributed by atoms with Gasteiger partial charge in [0.1, 0.15) is 0 Å². The van der Waals surface area contributed by atoms with Crippen molar-refractivity contribution in [2.24, 2.45) is 11.8 Å². The zero-order valence-corrected chi connectivity index (χ0v) is 14.1. The van der Waals surface area contributed by atoms with Crippen LogP contribution in [0.25, 0.3) is 0 Å². The quantitative estimate of drug-likeness (QED) is 0.857. The van der Waals surface area contributed by atoms with Crippen LogP contribution < -0.4 is 5.32 Å². The molecule has 0 aromatic carbocycles. The maximum absolute atomic E-state index is 13.1. The maximum Gasteiger partial charge on any atom is 0.282 e. The molecule has 4 atom stereocenters. The molecule has 122 valence electrons. The van der Waals surface area contributed by atoms with E-state index in [1.807, 2.05) is 0 Å². The van der Waals surface area contributed by atoms with E-state index in [1.54, 1.807) is 8.61 Å². The number of hydrogen-bond acceptors (Lipinski definition) is 3. The summed E-state index contributed by atoms with van der Waals surface area (Å²) in [5.74, 6) is 0.934. The van der Waals surface area contributed by atoms with E-state index in [2.05, 4.69) is 19.2 Å². The Balaban J connectivity index is 1.76. The molecule has 0 aliphatic carbocycles. The monoisotopic (exact) mass is 315 g/mol. The lowest BCUT2D eigenvalue weighted by atomic mass is 9.94. The van der Waals surface area contributed by atoms with E-state index in [-0.39, 0.29) is 6.04 Å². The van der Waals surface area contributed by atoms with Gasteiger partial charge in [0.05, 0.1) is 0 Å². The third kappa shape index (κ3) is 3.14. The summed E-state index contributed by atoms with van der Waals surface area (Å²) in [6.07, 6.45) is 5.44. The Bertz CT molecular complexity index is 452. The molecule has 0 aromatic rings. The van der Waals surface area contributed by atoms with Crippen molar-refractivity contribution in [2.75, 3.05) is 26.2 Å². The standard InChI is InChI=1S/C15H29N3O2S/c1-12-9-13(2)11-17(10-12)21(19,20)18-8-4-6-15(18)14-5-3-7-16-14/h12-16H,3-11H2,1-2H3. The fourth-order valence-corrected chi connectivity index (χ4v) is 6.57. The number of piperidine rings is 1. The molecule has 0 radical (unpaired) electrons. The second-order valence-electron chi connectivity index (χ2n) is 7.29. The summed E-state index contributed by atoms with van der Waals surface area (Å²) in [7, 11) is -3.29. The summed E-state index contributed by atoms with van der Waals surface area (Å²) in [6.45, 7) is 7.44. The largest absolute Gasteiger partial charge is 0.312 e. The molecular weight excluding hydrogens is 286 g/mol. The van der Waals surface area contributed by atoms with Crippen molar-refractivity contribution in [1.82, 2.24) is 13.9 Å². The predicted molar refractivity (Wildman–Crippen MR) is 84.2 cm³/mol. The Kier molecular flexibility index (Phi) is 4.60. The molecule has 0 bridgehead atoms. The Labute approximate surface area is 129 Å². The van der Waals surface area contributed by atoms with Crippen molar-refractivity contribution in [3.8, 4) is 0 Å². The minimum absolute atomic E-state index is 0.171. The van der Waals surface area contributed by atoms with Crippen LogP contribution in [0.1, 0.15) is 46.0 Å². The van der Waals surface area contributed by atoms with Gasteiger partial charge in [-0.1, -0.05) is 13.8 Å². The molecule has 3 aliphatic rings. The van der Waals surface area contributed by atoms with Gasteiger partial charge >= 0.3 is 0 Å². The van der Waals surface area contributed by atoms with Crippen molar-refractivity contribution in [3.05, 3.63) is 0 Å². The van der Waals surface area contributed by atoms with Crippen molar-refractivity contribution in [3.63, 3.8) is 0 Å². The first-order valence-electron chi connectivity index (χ1n) is 8.49. The van der Waals surface area contributed by atoms with Gasteiger partial charge in [0, 0.05) is 31.7 Å². The van der Waals surface area contributed by atoms with E-state index in [9.17, 15) is 8.42 Å². The number of nitrogens with zero attached hydrogens (tertiary/aromatic N) is 2. The highest BCUT2D eigenvalue weighted by Gasteiger charge is 2.43. The fraction of sp³-hybridized carbons (Fsp3) is 1.00. The number of hydrogen-bond donors (Lipinski definition) is 1. The molecule has 0 amide bonds. The second kappa shape index (κ2) is 6.14. The third-order valence-corrected chi connectivity index (χ3v) is 7.27. The van der Waals surface area contributed by atoms with Crippen LogP contribution in [-0.2, 0) is 10.2 Å². The van der Waals surface area contributed by atoms with Crippen LogP contribution >= 0.6 is 0 Å². The first-order valence-corrected chi connectivity index (χ1v) is 9.88. The molecule has 4 unspecified atom stereocenters. The molecule has 3 aliphatic heterocycles. The van der Waals surface area contributed by atoms with Gasteiger partial charge < -0.3 is 5.32 Å². The number of rotatable bonds is 3. The molecule has 3 heterocycles. The van der Waals surface area contributed by atoms with Gasteiger partial charge in [0.2, 0.25) is 0 Å². The summed E-state index contributed by atoms with van der Waals surface area (Å²) in [5.41, 5.74) is 0. The normalized spacial score (nSPS) is 39.9. The predicted octanol–water partition coefficient (Wildman–Crippen LogP) is 1.43. The molecule has 1 N–H and O–H groups in total. The SMILES string of the molecule is CC1CC(C)CN(S(=O)(=O)N2CCCC2C2CCCN2)C1. The van der Waals surface area contributed by atoms with Crippen molar-refractivity contribution >= 4 is 10.2 Å². The average Bonchev–Trinajstić information content (AvgIpc) is 3.08. The number of nitrogens with one attached hydrogen (secondary N) is 1. The van der Waals surface area contributed by atoms with E-state index < -0.39 is 10.2 Å². The molecule has 21 heavy (non-hydrogen) atoms. The Hall–Kier alpha value is -0.170. The molecule has 3 rings (SSSR count). The van der Waals surface area contributed by atoms with Crippen LogP contribution in [0.2, 0.25) is 0 Å². The van der Waals surface area contributed by atoms with Gasteiger partial charge in [-0.2, -0.15) is 17.0 Å². The van der Waals surface area contributed by atoms with E-state index in [0.29, 0.717) is 37.5 Å². The van der Waals surface area contributed by atoms with Gasteiger partial charge in [0.15, 0.2) is 0 Å². The smallest absolute Gasteiger partial charge is 0.282 e. The molecule has 0 spiro atoms. The van der Waals surface area contributed by atoms with Crippen LogP contribution in [0.4, 0.5) is 0 Å². The van der Waals surface area contributed by atoms with Gasteiger partial charge in [-0.05, 0) is 50.5 Å². The third-order valence-electron chi connectivity index (χ3n) is 5.27. The van der Waals surface area contributed by atoms with Gasteiger partial charge in [-0.15, -0.1) is 0 Å².